The van der Waals surface area contributed by atoms with Crippen LogP contribution in [0.2, 0.25) is 0 Å². The minimum absolute atomic E-state index is 0.227. The average molecular weight is 158 g/mol. The number of hydrogen-bond donors (Lipinski definition) is 2. The third-order valence-corrected chi connectivity index (χ3v) is 2.73. The molecule has 3 nitrogen and oxygen atoms in total. The van der Waals surface area contributed by atoms with Gasteiger partial charge in [0.15, 0.2) is 0 Å². The molecule has 1 aliphatic carbocycles. The molecule has 66 valence electrons. The molecule has 0 aromatic carbocycles. The van der Waals surface area contributed by atoms with Gasteiger partial charge in [-0.15, -0.1) is 0 Å². The Bertz CT molecular complexity index is 110. The van der Waals surface area contributed by atoms with Gasteiger partial charge in [0.2, 0.25) is 0 Å². The Morgan fingerprint density at radius 2 is 2.18 bits per heavy atom. The number of nitrogens with two attached hydrogens (primary N) is 1. The second-order valence-electron chi connectivity index (χ2n) is 3.32. The van der Waals surface area contributed by atoms with E-state index in [9.17, 15) is 0 Å². The zero-order valence-electron chi connectivity index (χ0n) is 7.34. The van der Waals surface area contributed by atoms with Crippen molar-refractivity contribution >= 4 is 0 Å². The fraction of sp³-hybridized carbons (Fsp3) is 1.00. The third-order valence-electron chi connectivity index (χ3n) is 2.73. The standard InChI is InChI=1S/C8H18N2O/c1-6(11-2)8(10-9)7-4-3-5-7/h6-8,10H,3-5,9H2,1-2H3. The first kappa shape index (κ1) is 8.97. The van der Waals surface area contributed by atoms with Gasteiger partial charge in [0.25, 0.3) is 0 Å². The van der Waals surface area contributed by atoms with Gasteiger partial charge >= 0.3 is 0 Å². The number of methoxy groups -OCH3 is 1. The molecule has 0 spiro atoms. The van der Waals surface area contributed by atoms with Gasteiger partial charge in [0.05, 0.1) is 6.10 Å². The van der Waals surface area contributed by atoms with Crippen LogP contribution in [0.1, 0.15) is 26.2 Å². The highest BCUT2D eigenvalue weighted by Gasteiger charge is 2.30. The molecule has 1 saturated carbocycles. The summed E-state index contributed by atoms with van der Waals surface area (Å²) in [5, 5.41) is 0. The highest BCUT2D eigenvalue weighted by Crippen LogP contribution is 2.31. The van der Waals surface area contributed by atoms with Crippen LogP contribution in [-0.4, -0.2) is 19.3 Å². The molecule has 2 atom stereocenters. The molecule has 3 heteroatoms. The molecule has 0 saturated heterocycles. The maximum absolute atomic E-state index is 5.43. The van der Waals surface area contributed by atoms with Gasteiger partial charge in [-0.25, -0.2) is 0 Å². The van der Waals surface area contributed by atoms with E-state index in [1.165, 1.54) is 19.3 Å². The smallest absolute Gasteiger partial charge is 0.0712 e. The minimum atomic E-state index is 0.227. The van der Waals surface area contributed by atoms with Crippen molar-refractivity contribution in [2.45, 2.75) is 38.3 Å². The normalized spacial score (nSPS) is 24.3. The SMILES string of the molecule is COC(C)C(NN)C1CCC1. The van der Waals surface area contributed by atoms with Crippen LogP contribution in [0.25, 0.3) is 0 Å². The highest BCUT2D eigenvalue weighted by molar-refractivity contribution is 4.85. The predicted molar refractivity (Wildman–Crippen MR) is 44.9 cm³/mol. The highest BCUT2D eigenvalue weighted by atomic mass is 16.5. The molecule has 0 radical (unpaired) electrons. The van der Waals surface area contributed by atoms with Crippen molar-refractivity contribution < 1.29 is 4.74 Å². The lowest BCUT2D eigenvalue weighted by atomic mass is 9.78. The van der Waals surface area contributed by atoms with Crippen LogP contribution in [0.15, 0.2) is 0 Å². The van der Waals surface area contributed by atoms with E-state index in [-0.39, 0.29) is 6.10 Å². The van der Waals surface area contributed by atoms with Crippen LogP contribution >= 0.6 is 0 Å². The molecule has 0 heterocycles. The number of hydrogen-bond acceptors (Lipinski definition) is 3. The topological polar surface area (TPSA) is 47.3 Å². The van der Waals surface area contributed by atoms with Gasteiger partial charge in [-0.2, -0.15) is 0 Å². The van der Waals surface area contributed by atoms with E-state index < -0.39 is 0 Å². The first-order chi connectivity index (χ1) is 5.29. The molecule has 11 heavy (non-hydrogen) atoms. The summed E-state index contributed by atoms with van der Waals surface area (Å²) >= 11 is 0. The largest absolute Gasteiger partial charge is 0.380 e. The first-order valence-corrected chi connectivity index (χ1v) is 4.28. The lowest BCUT2D eigenvalue weighted by Gasteiger charge is -2.36. The Labute approximate surface area is 68.3 Å². The number of nitrogens with one attached hydrogen (secondary N) is 1. The van der Waals surface area contributed by atoms with Gasteiger partial charge in [-0.1, -0.05) is 6.42 Å². The lowest BCUT2D eigenvalue weighted by molar-refractivity contribution is 0.0423. The summed E-state index contributed by atoms with van der Waals surface area (Å²) in [6.45, 7) is 2.06. The summed E-state index contributed by atoms with van der Waals surface area (Å²) in [5.41, 5.74) is 2.83. The van der Waals surface area contributed by atoms with Crippen LogP contribution in [0, 0.1) is 5.92 Å². The van der Waals surface area contributed by atoms with E-state index in [1.807, 2.05) is 0 Å². The van der Waals surface area contributed by atoms with E-state index in [4.69, 9.17) is 10.6 Å². The fourth-order valence-corrected chi connectivity index (χ4v) is 1.60. The van der Waals surface area contributed by atoms with Crippen LogP contribution in [-0.2, 0) is 4.74 Å². The monoisotopic (exact) mass is 158 g/mol. The predicted octanol–water partition coefficient (Wildman–Crippen LogP) is 0.653. The number of rotatable bonds is 4. The quantitative estimate of drug-likeness (QED) is 0.466. The maximum atomic E-state index is 5.43. The van der Waals surface area contributed by atoms with Crippen molar-refractivity contribution in [3.63, 3.8) is 0 Å². The molecular weight excluding hydrogens is 140 g/mol. The molecule has 0 bridgehead atoms. The zero-order chi connectivity index (χ0) is 8.27. The van der Waals surface area contributed by atoms with Gasteiger partial charge in [-0.05, 0) is 25.7 Å². The van der Waals surface area contributed by atoms with Crippen molar-refractivity contribution in [2.75, 3.05) is 7.11 Å². The molecule has 3 N–H and O–H groups in total. The molecule has 1 aliphatic rings. The molecule has 0 aliphatic heterocycles. The van der Waals surface area contributed by atoms with Gasteiger partial charge in [0, 0.05) is 13.2 Å². The Balaban J connectivity index is 2.34. The number of ether oxygens (including phenoxy) is 1. The van der Waals surface area contributed by atoms with Gasteiger partial charge in [-0.3, -0.25) is 11.3 Å². The van der Waals surface area contributed by atoms with Crippen LogP contribution in [0.3, 0.4) is 0 Å². The van der Waals surface area contributed by atoms with Crippen molar-refractivity contribution in [3.05, 3.63) is 0 Å². The minimum Gasteiger partial charge on any atom is -0.380 e. The molecular formula is C8H18N2O. The molecule has 2 unspecified atom stereocenters. The summed E-state index contributed by atoms with van der Waals surface area (Å²) in [6, 6.07) is 0.341. The molecule has 0 aromatic heterocycles. The van der Waals surface area contributed by atoms with Crippen LogP contribution in [0.5, 0.6) is 0 Å². The molecule has 0 amide bonds. The summed E-state index contributed by atoms with van der Waals surface area (Å²) in [6.07, 6.45) is 4.16. The van der Waals surface area contributed by atoms with E-state index in [1.54, 1.807) is 7.11 Å². The molecule has 0 aromatic rings. The third kappa shape index (κ3) is 1.92. The Morgan fingerprint density at radius 3 is 2.45 bits per heavy atom. The fourth-order valence-electron chi connectivity index (χ4n) is 1.60. The Hall–Kier alpha value is -0.120. The summed E-state index contributed by atoms with van der Waals surface area (Å²) in [4.78, 5) is 0. The summed E-state index contributed by atoms with van der Waals surface area (Å²) in [5.74, 6) is 6.16. The maximum Gasteiger partial charge on any atom is 0.0712 e. The van der Waals surface area contributed by atoms with Crippen LogP contribution in [0.4, 0.5) is 0 Å². The van der Waals surface area contributed by atoms with Gasteiger partial charge < -0.3 is 4.74 Å². The second-order valence-corrected chi connectivity index (χ2v) is 3.32. The Morgan fingerprint density at radius 1 is 1.55 bits per heavy atom. The van der Waals surface area contributed by atoms with E-state index in [2.05, 4.69) is 12.3 Å². The molecule has 1 fully saturated rings. The summed E-state index contributed by atoms with van der Waals surface area (Å²) < 4.78 is 5.22. The van der Waals surface area contributed by atoms with Crippen LogP contribution < -0.4 is 11.3 Å². The lowest BCUT2D eigenvalue weighted by Crippen LogP contribution is -2.50. The van der Waals surface area contributed by atoms with Crippen molar-refractivity contribution in [2.24, 2.45) is 11.8 Å². The average Bonchev–Trinajstić information content (AvgIpc) is 1.94. The van der Waals surface area contributed by atoms with Crippen molar-refractivity contribution in [3.8, 4) is 0 Å². The van der Waals surface area contributed by atoms with E-state index in [0.717, 1.165) is 5.92 Å². The van der Waals surface area contributed by atoms with Crippen molar-refractivity contribution in [1.29, 1.82) is 0 Å². The number of hydrazine groups is 1. The van der Waals surface area contributed by atoms with Gasteiger partial charge in [0.1, 0.15) is 0 Å². The summed E-state index contributed by atoms with van der Waals surface area (Å²) in [7, 11) is 1.73. The second kappa shape index (κ2) is 4.04. The van der Waals surface area contributed by atoms with Crippen molar-refractivity contribution in [1.82, 2.24) is 5.43 Å². The van der Waals surface area contributed by atoms with E-state index >= 15 is 0 Å². The Kier molecular flexibility index (Phi) is 3.30. The van der Waals surface area contributed by atoms with E-state index in [0.29, 0.717) is 6.04 Å². The molecule has 1 rings (SSSR count). The first-order valence-electron chi connectivity index (χ1n) is 4.28. The zero-order valence-corrected chi connectivity index (χ0v) is 7.34.